The van der Waals surface area contributed by atoms with E-state index >= 15 is 0 Å². The molecule has 32 heavy (non-hydrogen) atoms. The number of amides is 1. The third-order valence-electron chi connectivity index (χ3n) is 6.42. The first-order valence-electron chi connectivity index (χ1n) is 11.0. The number of benzene rings is 2. The lowest BCUT2D eigenvalue weighted by molar-refractivity contribution is -0.384. The van der Waals surface area contributed by atoms with Crippen molar-refractivity contribution in [2.75, 3.05) is 40.4 Å². The highest BCUT2D eigenvalue weighted by Crippen LogP contribution is 2.41. The molecule has 0 aliphatic carbocycles. The van der Waals surface area contributed by atoms with Gasteiger partial charge in [-0.1, -0.05) is 6.42 Å². The second-order valence-corrected chi connectivity index (χ2v) is 8.33. The summed E-state index contributed by atoms with van der Waals surface area (Å²) in [6, 6.07) is 10.1. The first-order valence-corrected chi connectivity index (χ1v) is 11.0. The highest BCUT2D eigenvalue weighted by atomic mass is 16.6. The molecule has 0 N–H and O–H groups in total. The van der Waals surface area contributed by atoms with Gasteiger partial charge in [0.25, 0.3) is 5.69 Å². The fraction of sp³-hybridized carbons (Fsp3) is 0.458. The van der Waals surface area contributed by atoms with Crippen LogP contribution in [0.4, 0.5) is 5.69 Å². The number of rotatable bonds is 6. The molecular formula is C24H29N3O5. The number of nitrogens with zero attached hydrogens (tertiary/aromatic N) is 3. The number of methoxy groups -OCH3 is 2. The molecule has 0 radical (unpaired) electrons. The van der Waals surface area contributed by atoms with Gasteiger partial charge in [-0.15, -0.1) is 0 Å². The maximum atomic E-state index is 13.4. The minimum atomic E-state index is -0.411. The summed E-state index contributed by atoms with van der Waals surface area (Å²) in [4.78, 5) is 28.3. The molecule has 1 unspecified atom stereocenters. The molecule has 0 bridgehead atoms. The molecule has 0 spiro atoms. The van der Waals surface area contributed by atoms with E-state index in [-0.39, 0.29) is 17.6 Å². The van der Waals surface area contributed by atoms with Crippen molar-refractivity contribution in [3.63, 3.8) is 0 Å². The number of fused-ring (bicyclic) bond motifs is 1. The highest BCUT2D eigenvalue weighted by Gasteiger charge is 2.34. The molecule has 2 aliphatic heterocycles. The molecule has 8 nitrogen and oxygen atoms in total. The van der Waals surface area contributed by atoms with Gasteiger partial charge < -0.3 is 14.4 Å². The minimum absolute atomic E-state index is 0.0308. The monoisotopic (exact) mass is 439 g/mol. The summed E-state index contributed by atoms with van der Waals surface area (Å²) in [5.41, 5.74) is 2.93. The largest absolute Gasteiger partial charge is 0.493 e. The van der Waals surface area contributed by atoms with Gasteiger partial charge in [-0.25, -0.2) is 0 Å². The van der Waals surface area contributed by atoms with Gasteiger partial charge >= 0.3 is 0 Å². The van der Waals surface area contributed by atoms with Gasteiger partial charge in [0, 0.05) is 18.7 Å². The summed E-state index contributed by atoms with van der Waals surface area (Å²) >= 11 is 0. The number of ether oxygens (including phenoxy) is 2. The van der Waals surface area contributed by atoms with Gasteiger partial charge in [-0.3, -0.25) is 19.8 Å². The zero-order chi connectivity index (χ0) is 22.7. The van der Waals surface area contributed by atoms with Crippen molar-refractivity contribution in [3.8, 4) is 11.5 Å². The van der Waals surface area contributed by atoms with Gasteiger partial charge in [0.15, 0.2) is 11.5 Å². The number of non-ortho nitro benzene ring substituents is 1. The smallest absolute Gasteiger partial charge is 0.269 e. The second-order valence-electron chi connectivity index (χ2n) is 8.33. The molecule has 0 aromatic heterocycles. The first kappa shape index (κ1) is 22.1. The van der Waals surface area contributed by atoms with Crippen molar-refractivity contribution in [1.29, 1.82) is 0 Å². The Morgan fingerprint density at radius 2 is 1.69 bits per heavy atom. The minimum Gasteiger partial charge on any atom is -0.493 e. The van der Waals surface area contributed by atoms with Crippen molar-refractivity contribution in [3.05, 3.63) is 63.2 Å². The van der Waals surface area contributed by atoms with Crippen LogP contribution in [0.2, 0.25) is 0 Å². The van der Waals surface area contributed by atoms with E-state index in [2.05, 4.69) is 4.90 Å². The Morgan fingerprint density at radius 1 is 1.03 bits per heavy atom. The summed E-state index contributed by atoms with van der Waals surface area (Å²) < 4.78 is 11.0. The molecule has 1 fully saturated rings. The van der Waals surface area contributed by atoms with Gasteiger partial charge in [0.2, 0.25) is 5.91 Å². The maximum absolute atomic E-state index is 13.4. The lowest BCUT2D eigenvalue weighted by Gasteiger charge is -2.39. The number of carbonyl (C=O) groups excluding carboxylic acids is 1. The van der Waals surface area contributed by atoms with Crippen LogP contribution in [0.15, 0.2) is 36.4 Å². The van der Waals surface area contributed by atoms with E-state index in [0.717, 1.165) is 42.6 Å². The Balaban J connectivity index is 1.72. The van der Waals surface area contributed by atoms with E-state index in [1.165, 1.54) is 18.6 Å². The molecular weight excluding hydrogens is 410 g/mol. The Bertz CT molecular complexity index is 986. The molecule has 4 rings (SSSR count). The summed E-state index contributed by atoms with van der Waals surface area (Å²) in [7, 11) is 3.20. The summed E-state index contributed by atoms with van der Waals surface area (Å²) in [5, 5.41) is 11.1. The molecule has 2 heterocycles. The predicted octanol–water partition coefficient (Wildman–Crippen LogP) is 3.57. The van der Waals surface area contributed by atoms with E-state index in [0.29, 0.717) is 31.0 Å². The van der Waals surface area contributed by atoms with Gasteiger partial charge in [-0.2, -0.15) is 0 Å². The molecule has 1 amide bonds. The average Bonchev–Trinajstić information content (AvgIpc) is 2.83. The molecule has 1 saturated heterocycles. The summed E-state index contributed by atoms with van der Waals surface area (Å²) in [6.07, 6.45) is 4.18. The first-order chi connectivity index (χ1) is 15.5. The van der Waals surface area contributed by atoms with E-state index in [4.69, 9.17) is 9.47 Å². The maximum Gasteiger partial charge on any atom is 0.269 e. The van der Waals surface area contributed by atoms with Crippen LogP contribution in [0.3, 0.4) is 0 Å². The van der Waals surface area contributed by atoms with Gasteiger partial charge in [-0.05, 0) is 73.3 Å². The lowest BCUT2D eigenvalue weighted by atomic mass is 9.87. The topological polar surface area (TPSA) is 85.1 Å². The van der Waals surface area contributed by atoms with Crippen LogP contribution in [0.25, 0.3) is 0 Å². The van der Waals surface area contributed by atoms with Gasteiger partial charge in [0.1, 0.15) is 0 Å². The van der Waals surface area contributed by atoms with Crippen LogP contribution in [0, 0.1) is 10.1 Å². The van der Waals surface area contributed by atoms with Crippen molar-refractivity contribution in [2.45, 2.75) is 31.7 Å². The number of likely N-dealkylation sites (tertiary alicyclic amines) is 1. The van der Waals surface area contributed by atoms with Crippen LogP contribution in [-0.2, 0) is 11.2 Å². The van der Waals surface area contributed by atoms with E-state index < -0.39 is 4.92 Å². The van der Waals surface area contributed by atoms with Crippen LogP contribution in [0.1, 0.15) is 42.0 Å². The van der Waals surface area contributed by atoms with Crippen molar-refractivity contribution in [1.82, 2.24) is 9.80 Å². The van der Waals surface area contributed by atoms with Crippen LogP contribution >= 0.6 is 0 Å². The van der Waals surface area contributed by atoms with Gasteiger partial charge in [0.05, 0.1) is 31.7 Å². The van der Waals surface area contributed by atoms with Crippen molar-refractivity contribution < 1.29 is 19.2 Å². The Hall–Kier alpha value is -3.13. The standard InChI is InChI=1S/C24H29N3O5/c1-31-21-14-18-10-13-26(23(28)16-25-11-4-3-5-12-25)24(20(18)15-22(21)32-2)17-6-8-19(9-7-17)27(29)30/h6-9,14-15,24H,3-5,10-13,16H2,1-2H3. The number of piperidine rings is 1. The average molecular weight is 440 g/mol. The van der Waals surface area contributed by atoms with E-state index in [1.54, 1.807) is 26.4 Å². The molecule has 2 aromatic rings. The fourth-order valence-corrected chi connectivity index (χ4v) is 4.75. The predicted molar refractivity (Wildman–Crippen MR) is 120 cm³/mol. The van der Waals surface area contributed by atoms with Crippen LogP contribution in [-0.4, -0.2) is 61.0 Å². The zero-order valence-corrected chi connectivity index (χ0v) is 18.6. The quantitative estimate of drug-likeness (QED) is 0.505. The second kappa shape index (κ2) is 9.56. The number of nitro groups is 1. The highest BCUT2D eigenvalue weighted by molar-refractivity contribution is 5.80. The summed E-state index contributed by atoms with van der Waals surface area (Å²) in [6.45, 7) is 2.87. The molecule has 0 saturated carbocycles. The fourth-order valence-electron chi connectivity index (χ4n) is 4.75. The molecule has 2 aromatic carbocycles. The molecule has 8 heteroatoms. The number of hydrogen-bond acceptors (Lipinski definition) is 6. The number of hydrogen-bond donors (Lipinski definition) is 0. The van der Waals surface area contributed by atoms with Crippen molar-refractivity contribution >= 4 is 11.6 Å². The van der Waals surface area contributed by atoms with E-state index in [9.17, 15) is 14.9 Å². The third-order valence-corrected chi connectivity index (χ3v) is 6.42. The molecule has 170 valence electrons. The Labute approximate surface area is 187 Å². The van der Waals surface area contributed by atoms with Crippen LogP contribution in [0.5, 0.6) is 11.5 Å². The zero-order valence-electron chi connectivity index (χ0n) is 18.6. The van der Waals surface area contributed by atoms with E-state index in [1.807, 2.05) is 17.0 Å². The van der Waals surface area contributed by atoms with Crippen LogP contribution < -0.4 is 9.47 Å². The molecule has 1 atom stereocenters. The SMILES string of the molecule is COc1cc2c(cc1OC)C(c1ccc([N+](=O)[O-])cc1)N(C(=O)CN1CCCCC1)CC2. The number of carbonyl (C=O) groups is 1. The Morgan fingerprint density at radius 3 is 2.31 bits per heavy atom. The number of nitro benzene ring substituents is 1. The normalized spacial score (nSPS) is 18.7. The lowest BCUT2D eigenvalue weighted by Crippen LogP contribution is -2.46. The third kappa shape index (κ3) is 4.41. The Kier molecular flexibility index (Phi) is 6.60. The van der Waals surface area contributed by atoms with Crippen molar-refractivity contribution in [2.24, 2.45) is 0 Å². The summed E-state index contributed by atoms with van der Waals surface area (Å²) in [5.74, 6) is 1.33. The molecule has 2 aliphatic rings.